The highest BCUT2D eigenvalue weighted by Gasteiger charge is 2.25. The highest BCUT2D eigenvalue weighted by atomic mass is 19.1. The van der Waals surface area contributed by atoms with E-state index in [1.54, 1.807) is 24.3 Å². The van der Waals surface area contributed by atoms with Gasteiger partial charge in [0.1, 0.15) is 5.82 Å². The Kier molecular flexibility index (Phi) is 3.58. The standard InChI is InChI=1S/C14H17BFN7O/c1-9-7-12-11(8-10(9)16)17-13(14-18-19-20-23(12)14)21-3-5-22(6-4-21)15(2)24/h7-8,24H,3-6H2,1-2H3. The SMILES string of the molecule is CB(O)N1CCN(c2nc3cc(F)c(C)cc3n3nnnc23)CC1. The lowest BCUT2D eigenvalue weighted by atomic mass is 9.84. The van der Waals surface area contributed by atoms with Gasteiger partial charge in [-0.15, -0.1) is 5.10 Å². The molecule has 1 aliphatic heterocycles. The van der Waals surface area contributed by atoms with Crippen LogP contribution in [0.2, 0.25) is 6.82 Å². The predicted octanol–water partition coefficient (Wildman–Crippen LogP) is 0.352. The van der Waals surface area contributed by atoms with Gasteiger partial charge in [-0.1, -0.05) is 0 Å². The second kappa shape index (κ2) is 5.64. The Bertz CT molecular complexity index is 907. The van der Waals surface area contributed by atoms with Crippen LogP contribution >= 0.6 is 0 Å². The molecule has 0 amide bonds. The number of hydrogen-bond donors (Lipinski definition) is 1. The first-order chi connectivity index (χ1) is 11.5. The molecule has 124 valence electrons. The molecule has 0 atom stereocenters. The van der Waals surface area contributed by atoms with E-state index >= 15 is 0 Å². The van der Waals surface area contributed by atoms with Crippen LogP contribution in [0.4, 0.5) is 10.2 Å². The van der Waals surface area contributed by atoms with E-state index in [1.165, 1.54) is 6.07 Å². The highest BCUT2D eigenvalue weighted by molar-refractivity contribution is 6.45. The van der Waals surface area contributed by atoms with Crippen molar-refractivity contribution in [1.82, 2.24) is 29.8 Å². The number of rotatable bonds is 2. The van der Waals surface area contributed by atoms with Crippen LogP contribution in [0.15, 0.2) is 12.1 Å². The minimum atomic E-state index is -0.469. The number of anilines is 1. The van der Waals surface area contributed by atoms with Crippen LogP contribution in [0.5, 0.6) is 0 Å². The Morgan fingerprint density at radius 3 is 2.67 bits per heavy atom. The predicted molar refractivity (Wildman–Crippen MR) is 88.4 cm³/mol. The molecule has 1 saturated heterocycles. The van der Waals surface area contributed by atoms with E-state index in [9.17, 15) is 9.41 Å². The summed E-state index contributed by atoms with van der Waals surface area (Å²) >= 11 is 0. The first-order valence-electron chi connectivity index (χ1n) is 7.89. The third-order valence-electron chi connectivity index (χ3n) is 4.52. The van der Waals surface area contributed by atoms with Crippen LogP contribution in [0, 0.1) is 12.7 Å². The van der Waals surface area contributed by atoms with Gasteiger partial charge in [0.25, 0.3) is 0 Å². The second-order valence-corrected chi connectivity index (χ2v) is 6.09. The van der Waals surface area contributed by atoms with E-state index in [0.717, 1.165) is 0 Å². The Balaban J connectivity index is 1.80. The number of aryl methyl sites for hydroxylation is 1. The van der Waals surface area contributed by atoms with Crippen LogP contribution in [-0.4, -0.2) is 68.1 Å². The molecule has 0 radical (unpaired) electrons. The molecule has 1 N–H and O–H groups in total. The summed E-state index contributed by atoms with van der Waals surface area (Å²) in [5, 5.41) is 21.6. The lowest BCUT2D eigenvalue weighted by Crippen LogP contribution is -2.51. The van der Waals surface area contributed by atoms with Gasteiger partial charge in [-0.05, 0) is 35.8 Å². The molecule has 24 heavy (non-hydrogen) atoms. The second-order valence-electron chi connectivity index (χ2n) is 6.09. The molecule has 1 aromatic carbocycles. The van der Waals surface area contributed by atoms with E-state index in [0.29, 0.717) is 54.2 Å². The molecule has 0 bridgehead atoms. The molecule has 2 aromatic heterocycles. The van der Waals surface area contributed by atoms with Gasteiger partial charge in [0.2, 0.25) is 5.65 Å². The minimum Gasteiger partial charge on any atom is -0.437 e. The number of fused-ring (bicyclic) bond motifs is 3. The number of halogens is 1. The summed E-state index contributed by atoms with van der Waals surface area (Å²) < 4.78 is 15.5. The number of tetrazole rings is 1. The first kappa shape index (κ1) is 15.2. The molecule has 3 heterocycles. The third kappa shape index (κ3) is 2.38. The topological polar surface area (TPSA) is 82.7 Å². The quantitative estimate of drug-likeness (QED) is 0.680. The summed E-state index contributed by atoms with van der Waals surface area (Å²) in [5.74, 6) is 0.341. The smallest absolute Gasteiger partial charge is 0.376 e. The van der Waals surface area contributed by atoms with Gasteiger partial charge < -0.3 is 14.7 Å². The van der Waals surface area contributed by atoms with Gasteiger partial charge in [0.15, 0.2) is 5.82 Å². The molecule has 3 aromatic rings. The Hall–Kier alpha value is -2.33. The van der Waals surface area contributed by atoms with Crippen molar-refractivity contribution in [2.24, 2.45) is 0 Å². The number of aromatic nitrogens is 5. The average molecular weight is 329 g/mol. The zero-order valence-corrected chi connectivity index (χ0v) is 13.5. The van der Waals surface area contributed by atoms with Crippen LogP contribution in [0.1, 0.15) is 5.56 Å². The van der Waals surface area contributed by atoms with Crippen LogP contribution < -0.4 is 4.90 Å². The van der Waals surface area contributed by atoms with Crippen molar-refractivity contribution in [1.29, 1.82) is 0 Å². The Morgan fingerprint density at radius 2 is 1.96 bits per heavy atom. The monoisotopic (exact) mass is 329 g/mol. The molecule has 1 aliphatic rings. The largest absolute Gasteiger partial charge is 0.437 e. The van der Waals surface area contributed by atoms with Gasteiger partial charge in [-0.3, -0.25) is 0 Å². The summed E-state index contributed by atoms with van der Waals surface area (Å²) in [4.78, 5) is 8.67. The lowest BCUT2D eigenvalue weighted by molar-refractivity contribution is 0.344. The van der Waals surface area contributed by atoms with Crippen molar-refractivity contribution < 1.29 is 9.41 Å². The molecular weight excluding hydrogens is 312 g/mol. The van der Waals surface area contributed by atoms with Gasteiger partial charge >= 0.3 is 7.05 Å². The summed E-state index contributed by atoms with van der Waals surface area (Å²) in [6.07, 6.45) is 0. The average Bonchev–Trinajstić information content (AvgIpc) is 3.05. The van der Waals surface area contributed by atoms with E-state index in [-0.39, 0.29) is 5.82 Å². The normalized spacial score (nSPS) is 16.2. The Morgan fingerprint density at radius 1 is 1.21 bits per heavy atom. The molecule has 1 fully saturated rings. The molecule has 8 nitrogen and oxygen atoms in total. The van der Waals surface area contributed by atoms with Gasteiger partial charge in [-0.2, -0.15) is 4.52 Å². The summed E-state index contributed by atoms with van der Waals surface area (Å²) in [7, 11) is -0.469. The Labute approximate surface area is 138 Å². The molecule has 0 spiro atoms. The molecule has 0 unspecified atom stereocenters. The van der Waals surface area contributed by atoms with Gasteiger partial charge in [0, 0.05) is 32.2 Å². The van der Waals surface area contributed by atoms with Crippen molar-refractivity contribution in [3.63, 3.8) is 0 Å². The lowest BCUT2D eigenvalue weighted by Gasteiger charge is -2.35. The van der Waals surface area contributed by atoms with Crippen molar-refractivity contribution >= 4 is 29.5 Å². The van der Waals surface area contributed by atoms with Crippen LogP contribution in [-0.2, 0) is 0 Å². The third-order valence-corrected chi connectivity index (χ3v) is 4.52. The summed E-state index contributed by atoms with van der Waals surface area (Å²) in [6.45, 7) is 6.28. The summed E-state index contributed by atoms with van der Waals surface area (Å²) in [5.41, 5.74) is 2.28. The fraction of sp³-hybridized carbons (Fsp3) is 0.429. The maximum Gasteiger partial charge on any atom is 0.376 e. The zero-order chi connectivity index (χ0) is 16.8. The van der Waals surface area contributed by atoms with E-state index in [4.69, 9.17) is 0 Å². The maximum absolute atomic E-state index is 13.9. The highest BCUT2D eigenvalue weighted by Crippen LogP contribution is 2.25. The van der Waals surface area contributed by atoms with Crippen LogP contribution in [0.3, 0.4) is 0 Å². The molecular formula is C14H17BFN7O. The minimum absolute atomic E-state index is 0.299. The van der Waals surface area contributed by atoms with Gasteiger partial charge in [-0.25, -0.2) is 9.37 Å². The van der Waals surface area contributed by atoms with E-state index in [2.05, 4.69) is 25.4 Å². The fourth-order valence-electron chi connectivity index (χ4n) is 3.09. The van der Waals surface area contributed by atoms with Gasteiger partial charge in [0.05, 0.1) is 11.0 Å². The number of benzene rings is 1. The van der Waals surface area contributed by atoms with Crippen molar-refractivity contribution in [2.45, 2.75) is 13.7 Å². The number of hydrogen-bond acceptors (Lipinski definition) is 7. The first-order valence-corrected chi connectivity index (χ1v) is 7.89. The van der Waals surface area contributed by atoms with E-state index in [1.807, 2.05) is 4.81 Å². The van der Waals surface area contributed by atoms with Crippen molar-refractivity contribution in [3.8, 4) is 0 Å². The molecule has 10 heteroatoms. The maximum atomic E-state index is 13.9. The van der Waals surface area contributed by atoms with Crippen LogP contribution in [0.25, 0.3) is 16.7 Å². The van der Waals surface area contributed by atoms with Crippen molar-refractivity contribution in [2.75, 3.05) is 31.1 Å². The fourth-order valence-corrected chi connectivity index (χ4v) is 3.09. The summed E-state index contributed by atoms with van der Waals surface area (Å²) in [6, 6.07) is 3.12. The molecule has 4 rings (SSSR count). The number of nitrogens with zero attached hydrogens (tertiary/aromatic N) is 7. The van der Waals surface area contributed by atoms with Crippen molar-refractivity contribution in [3.05, 3.63) is 23.5 Å². The molecule has 0 saturated carbocycles. The zero-order valence-electron chi connectivity index (χ0n) is 13.5. The molecule has 0 aliphatic carbocycles. The number of piperazine rings is 1. The van der Waals surface area contributed by atoms with E-state index < -0.39 is 7.05 Å².